The van der Waals surface area contributed by atoms with E-state index >= 15 is 0 Å². The predicted octanol–water partition coefficient (Wildman–Crippen LogP) is 8.00. The maximum Gasteiger partial charge on any atom is 0.234 e. The van der Waals surface area contributed by atoms with Crippen molar-refractivity contribution >= 4 is 39.2 Å². The summed E-state index contributed by atoms with van der Waals surface area (Å²) in [6.45, 7) is 2.21. The fraction of sp³-hybridized carbons (Fsp3) is 0.0833. The Morgan fingerprint density at radius 2 is 1.10 bits per heavy atom. The first-order chi connectivity index (χ1) is 22.9. The molecule has 242 valence electrons. The van der Waals surface area contributed by atoms with Crippen LogP contribution in [-0.4, -0.2) is 32.4 Å². The third-order valence-corrected chi connectivity index (χ3v) is 6.92. The molecule has 48 heavy (non-hydrogen) atoms. The summed E-state index contributed by atoms with van der Waals surface area (Å²) in [5, 5.41) is 10.9. The third-order valence-electron chi connectivity index (χ3n) is 6.92. The van der Waals surface area contributed by atoms with Gasteiger partial charge in [-0.05, 0) is 55.5 Å². The van der Waals surface area contributed by atoms with Crippen LogP contribution in [0.15, 0.2) is 97.3 Å². The molecule has 1 N–H and O–H groups in total. The van der Waals surface area contributed by atoms with E-state index in [1.54, 1.807) is 18.2 Å². The molecule has 0 aliphatic rings. The molecular formula is C36H24F4N2O6. The molecule has 0 bridgehead atoms. The Bertz CT molecular complexity index is 2210. The molecule has 8 nitrogen and oxygen atoms in total. The Balaban J connectivity index is 0.000000188. The van der Waals surface area contributed by atoms with Crippen molar-refractivity contribution < 1.29 is 46.5 Å². The summed E-state index contributed by atoms with van der Waals surface area (Å²) in [6.07, 6.45) is 0.922. The van der Waals surface area contributed by atoms with Crippen LogP contribution in [0.25, 0.3) is 21.8 Å². The number of pyridine rings is 2. The molecule has 1 unspecified atom stereocenters. The zero-order valence-electron chi connectivity index (χ0n) is 25.2. The molecule has 2 aromatic heterocycles. The van der Waals surface area contributed by atoms with Crippen molar-refractivity contribution in [1.82, 2.24) is 9.97 Å². The molecule has 0 saturated heterocycles. The first-order valence-electron chi connectivity index (χ1n) is 14.2. The minimum absolute atomic E-state index is 0.00440. The minimum atomic E-state index is -1.63. The molecule has 0 radical (unpaired) electrons. The number of hydrogen-bond donors (Lipinski definition) is 1. The monoisotopic (exact) mass is 656 g/mol. The first kappa shape index (κ1) is 33.4. The minimum Gasteiger partial charge on any atom is -0.455 e. The average molecular weight is 657 g/mol. The van der Waals surface area contributed by atoms with Gasteiger partial charge in [0.2, 0.25) is 11.6 Å². The van der Waals surface area contributed by atoms with Crippen LogP contribution >= 0.6 is 0 Å². The van der Waals surface area contributed by atoms with Crippen molar-refractivity contribution in [3.63, 3.8) is 0 Å². The lowest BCUT2D eigenvalue weighted by atomic mass is 10.0. The van der Waals surface area contributed by atoms with Crippen molar-refractivity contribution in [2.24, 2.45) is 0 Å². The molecule has 0 amide bonds. The standard InChI is InChI=1S/C18H13F2NO3.C18H11F2NO3/c2*1-10(22)18(23)16-13(19)5-3-7-15(16)24-12-8-11-4-2-6-14(20)17(11)21-9-12/h2-9,18,23H,1H3;2-9H,1H3. The molecule has 2 heterocycles. The van der Waals surface area contributed by atoms with E-state index in [4.69, 9.17) is 9.47 Å². The quantitative estimate of drug-likeness (QED) is 0.0996. The number of rotatable bonds is 8. The molecule has 12 heteroatoms. The number of ketones is 3. The highest BCUT2D eigenvalue weighted by molar-refractivity contribution is 6.43. The molecule has 1 atom stereocenters. The average Bonchev–Trinajstić information content (AvgIpc) is 3.05. The molecule has 4 aromatic carbocycles. The lowest BCUT2D eigenvalue weighted by Gasteiger charge is -2.15. The van der Waals surface area contributed by atoms with Crippen LogP contribution in [0, 0.1) is 23.3 Å². The van der Waals surface area contributed by atoms with E-state index in [-0.39, 0.29) is 39.6 Å². The second kappa shape index (κ2) is 14.2. The summed E-state index contributed by atoms with van der Waals surface area (Å²) in [5.74, 6) is -4.62. The number of hydrogen-bond acceptors (Lipinski definition) is 8. The van der Waals surface area contributed by atoms with Crippen LogP contribution in [-0.2, 0) is 9.59 Å². The number of aliphatic hydroxyl groups excluding tert-OH is 1. The summed E-state index contributed by atoms with van der Waals surface area (Å²) in [5.41, 5.74) is -0.328. The zero-order valence-corrected chi connectivity index (χ0v) is 25.2. The fourth-order valence-corrected chi connectivity index (χ4v) is 4.63. The lowest BCUT2D eigenvalue weighted by molar-refractivity contribution is -0.125. The van der Waals surface area contributed by atoms with Gasteiger partial charge in [0.25, 0.3) is 0 Å². The Hall–Kier alpha value is -6.01. The van der Waals surface area contributed by atoms with Gasteiger partial charge in [0.1, 0.15) is 69.0 Å². The number of aromatic nitrogens is 2. The lowest BCUT2D eigenvalue weighted by Crippen LogP contribution is -2.13. The number of ether oxygens (including phenoxy) is 2. The summed E-state index contributed by atoms with van der Waals surface area (Å²) in [4.78, 5) is 42.5. The van der Waals surface area contributed by atoms with Gasteiger partial charge in [-0.1, -0.05) is 36.4 Å². The van der Waals surface area contributed by atoms with Gasteiger partial charge in [-0.3, -0.25) is 14.4 Å². The zero-order chi connectivity index (χ0) is 34.5. The number of benzene rings is 4. The van der Waals surface area contributed by atoms with E-state index in [0.29, 0.717) is 10.8 Å². The van der Waals surface area contributed by atoms with Crippen molar-refractivity contribution in [2.75, 3.05) is 0 Å². The second-order valence-corrected chi connectivity index (χ2v) is 10.3. The van der Waals surface area contributed by atoms with E-state index < -0.39 is 52.3 Å². The van der Waals surface area contributed by atoms with E-state index in [1.807, 2.05) is 0 Å². The summed E-state index contributed by atoms with van der Waals surface area (Å²) >= 11 is 0. The number of aliphatic hydroxyl groups is 1. The first-order valence-corrected chi connectivity index (χ1v) is 14.2. The molecule has 6 aromatic rings. The molecule has 0 spiro atoms. The number of halogens is 4. The number of carbonyl (C=O) groups is 3. The van der Waals surface area contributed by atoms with Gasteiger partial charge in [0.05, 0.1) is 18.0 Å². The molecular weight excluding hydrogens is 632 g/mol. The Morgan fingerprint density at radius 3 is 1.62 bits per heavy atom. The Kier molecular flexibility index (Phi) is 9.85. The van der Waals surface area contributed by atoms with Gasteiger partial charge in [0, 0.05) is 17.7 Å². The number of Topliss-reactive ketones (excluding diaryl/α,β-unsaturated/α-hetero) is 3. The number of fused-ring (bicyclic) bond motifs is 2. The largest absolute Gasteiger partial charge is 0.455 e. The summed E-state index contributed by atoms with van der Waals surface area (Å²) in [7, 11) is 0. The van der Waals surface area contributed by atoms with Crippen molar-refractivity contribution in [3.05, 3.63) is 132 Å². The molecule has 6 rings (SSSR count). The van der Waals surface area contributed by atoms with Crippen LogP contribution in [0.4, 0.5) is 17.6 Å². The van der Waals surface area contributed by atoms with Gasteiger partial charge >= 0.3 is 0 Å². The smallest absolute Gasteiger partial charge is 0.234 e. The van der Waals surface area contributed by atoms with E-state index in [9.17, 15) is 37.1 Å². The van der Waals surface area contributed by atoms with Crippen LogP contribution in [0.5, 0.6) is 23.0 Å². The van der Waals surface area contributed by atoms with Gasteiger partial charge < -0.3 is 14.6 Å². The highest BCUT2D eigenvalue weighted by Crippen LogP contribution is 2.33. The number of carbonyl (C=O) groups excluding carboxylic acids is 3. The SMILES string of the molecule is CC(=O)C(=O)c1c(F)cccc1Oc1cnc2c(F)cccc2c1.CC(=O)C(O)c1c(F)cccc1Oc1cnc2c(F)cccc2c1. The highest BCUT2D eigenvalue weighted by Gasteiger charge is 2.23. The topological polar surface area (TPSA) is 116 Å². The maximum atomic E-state index is 14.0. The molecule has 0 fully saturated rings. The van der Waals surface area contributed by atoms with Gasteiger partial charge in [-0.2, -0.15) is 0 Å². The number of para-hydroxylation sites is 2. The highest BCUT2D eigenvalue weighted by atomic mass is 19.1. The summed E-state index contributed by atoms with van der Waals surface area (Å²) < 4.78 is 66.3. The van der Waals surface area contributed by atoms with Crippen LogP contribution in [0.1, 0.15) is 35.9 Å². The predicted molar refractivity (Wildman–Crippen MR) is 167 cm³/mol. The van der Waals surface area contributed by atoms with E-state index in [0.717, 1.165) is 26.0 Å². The van der Waals surface area contributed by atoms with E-state index in [1.165, 1.54) is 67.0 Å². The van der Waals surface area contributed by atoms with Crippen LogP contribution in [0.3, 0.4) is 0 Å². The van der Waals surface area contributed by atoms with Crippen molar-refractivity contribution in [2.45, 2.75) is 20.0 Å². The summed E-state index contributed by atoms with van der Waals surface area (Å²) in [6, 6.07) is 19.8. The molecule has 0 saturated carbocycles. The van der Waals surface area contributed by atoms with Gasteiger partial charge in [-0.25, -0.2) is 27.5 Å². The molecule has 0 aliphatic carbocycles. The normalized spacial score (nSPS) is 11.4. The van der Waals surface area contributed by atoms with Crippen molar-refractivity contribution in [1.29, 1.82) is 0 Å². The maximum absolute atomic E-state index is 14.0. The van der Waals surface area contributed by atoms with Crippen molar-refractivity contribution in [3.8, 4) is 23.0 Å². The molecule has 0 aliphatic heterocycles. The third kappa shape index (κ3) is 7.18. The Morgan fingerprint density at radius 1 is 0.646 bits per heavy atom. The Labute approximate surface area is 270 Å². The van der Waals surface area contributed by atoms with E-state index in [2.05, 4.69) is 9.97 Å². The second-order valence-electron chi connectivity index (χ2n) is 10.3. The van der Waals surface area contributed by atoms with Crippen LogP contribution < -0.4 is 9.47 Å². The fourth-order valence-electron chi connectivity index (χ4n) is 4.63. The number of nitrogens with zero attached hydrogens (tertiary/aromatic N) is 2. The van der Waals surface area contributed by atoms with Gasteiger partial charge in [0.15, 0.2) is 5.78 Å². The van der Waals surface area contributed by atoms with Crippen LogP contribution in [0.2, 0.25) is 0 Å². The van der Waals surface area contributed by atoms with Gasteiger partial charge in [-0.15, -0.1) is 0 Å².